The molecule has 3 rings (SSSR count). The van der Waals surface area contributed by atoms with Gasteiger partial charge < -0.3 is 10.4 Å². The number of pyridine rings is 1. The topological polar surface area (TPSA) is 82.5 Å². The minimum absolute atomic E-state index is 0.193. The SMILES string of the molecule is O=S(=O)(c1ccc(NCC(O)c2ccc(Cl)cc2)nc1)N1CCCC1. The highest BCUT2D eigenvalue weighted by molar-refractivity contribution is 7.89. The predicted octanol–water partition coefficient (Wildman–Crippen LogP) is 2.67. The van der Waals surface area contributed by atoms with Crippen LogP contribution in [0, 0.1) is 0 Å². The summed E-state index contributed by atoms with van der Waals surface area (Å²) in [5.41, 5.74) is 0.741. The number of hydrogen-bond donors (Lipinski definition) is 2. The number of nitrogens with zero attached hydrogens (tertiary/aromatic N) is 2. The standard InChI is InChI=1S/C17H20ClN3O3S/c18-14-5-3-13(4-6-14)16(22)12-20-17-8-7-15(11-19-17)25(23,24)21-9-1-2-10-21/h3-8,11,16,22H,1-2,9-10,12H2,(H,19,20). The van der Waals surface area contributed by atoms with Crippen molar-refractivity contribution in [3.8, 4) is 0 Å². The van der Waals surface area contributed by atoms with Crippen molar-refractivity contribution < 1.29 is 13.5 Å². The normalized spacial score (nSPS) is 16.7. The molecule has 0 spiro atoms. The lowest BCUT2D eigenvalue weighted by molar-refractivity contribution is 0.191. The fourth-order valence-electron chi connectivity index (χ4n) is 2.72. The second-order valence-corrected chi connectivity index (χ2v) is 8.31. The maximum absolute atomic E-state index is 12.4. The van der Waals surface area contributed by atoms with Crippen molar-refractivity contribution in [1.82, 2.24) is 9.29 Å². The second kappa shape index (κ2) is 7.70. The molecule has 134 valence electrons. The maximum Gasteiger partial charge on any atom is 0.244 e. The van der Waals surface area contributed by atoms with Crippen molar-refractivity contribution in [2.45, 2.75) is 23.8 Å². The monoisotopic (exact) mass is 381 g/mol. The lowest BCUT2D eigenvalue weighted by Gasteiger charge is -2.16. The van der Waals surface area contributed by atoms with Gasteiger partial charge in [0.05, 0.1) is 6.10 Å². The average molecular weight is 382 g/mol. The van der Waals surface area contributed by atoms with Gasteiger partial charge in [0, 0.05) is 30.9 Å². The summed E-state index contributed by atoms with van der Waals surface area (Å²) in [4.78, 5) is 4.34. The van der Waals surface area contributed by atoms with E-state index in [2.05, 4.69) is 10.3 Å². The lowest BCUT2D eigenvalue weighted by atomic mass is 10.1. The molecule has 1 atom stereocenters. The first-order valence-corrected chi connectivity index (χ1v) is 9.92. The second-order valence-electron chi connectivity index (χ2n) is 5.94. The first kappa shape index (κ1) is 18.1. The van der Waals surface area contributed by atoms with E-state index in [1.54, 1.807) is 30.3 Å². The number of benzene rings is 1. The molecule has 1 aromatic carbocycles. The van der Waals surface area contributed by atoms with E-state index in [0.29, 0.717) is 23.9 Å². The largest absolute Gasteiger partial charge is 0.387 e. The van der Waals surface area contributed by atoms with Crippen LogP contribution in [-0.2, 0) is 10.0 Å². The minimum Gasteiger partial charge on any atom is -0.387 e. The molecule has 2 aromatic rings. The van der Waals surface area contributed by atoms with E-state index in [4.69, 9.17) is 11.6 Å². The van der Waals surface area contributed by atoms with Gasteiger partial charge in [0.25, 0.3) is 0 Å². The smallest absolute Gasteiger partial charge is 0.244 e. The van der Waals surface area contributed by atoms with E-state index < -0.39 is 16.1 Å². The van der Waals surface area contributed by atoms with Crippen molar-refractivity contribution in [2.75, 3.05) is 25.0 Å². The first-order valence-electron chi connectivity index (χ1n) is 8.10. The zero-order valence-corrected chi connectivity index (χ0v) is 15.2. The third-order valence-electron chi connectivity index (χ3n) is 4.17. The molecule has 0 aliphatic carbocycles. The van der Waals surface area contributed by atoms with Crippen LogP contribution in [0.2, 0.25) is 5.02 Å². The van der Waals surface area contributed by atoms with E-state index in [0.717, 1.165) is 18.4 Å². The van der Waals surface area contributed by atoms with E-state index in [9.17, 15) is 13.5 Å². The van der Waals surface area contributed by atoms with Crippen molar-refractivity contribution >= 4 is 27.4 Å². The van der Waals surface area contributed by atoms with E-state index in [-0.39, 0.29) is 11.4 Å². The number of rotatable bonds is 6. The quantitative estimate of drug-likeness (QED) is 0.803. The highest BCUT2D eigenvalue weighted by Gasteiger charge is 2.27. The van der Waals surface area contributed by atoms with Crippen LogP contribution in [0.3, 0.4) is 0 Å². The Bertz CT molecular complexity index is 804. The zero-order valence-electron chi connectivity index (χ0n) is 13.6. The number of aliphatic hydroxyl groups excluding tert-OH is 1. The Hall–Kier alpha value is -1.67. The molecule has 1 saturated heterocycles. The van der Waals surface area contributed by atoms with Gasteiger partial charge in [-0.05, 0) is 42.7 Å². The van der Waals surface area contributed by atoms with Crippen LogP contribution >= 0.6 is 11.6 Å². The van der Waals surface area contributed by atoms with E-state index >= 15 is 0 Å². The van der Waals surface area contributed by atoms with Crippen LogP contribution in [-0.4, -0.2) is 42.4 Å². The van der Waals surface area contributed by atoms with Crippen LogP contribution in [0.4, 0.5) is 5.82 Å². The van der Waals surface area contributed by atoms with Crippen molar-refractivity contribution in [3.05, 3.63) is 53.2 Å². The molecule has 6 nitrogen and oxygen atoms in total. The van der Waals surface area contributed by atoms with Gasteiger partial charge in [-0.3, -0.25) is 0 Å². The van der Waals surface area contributed by atoms with Gasteiger partial charge in [-0.2, -0.15) is 4.31 Å². The molecule has 2 N–H and O–H groups in total. The summed E-state index contributed by atoms with van der Waals surface area (Å²) < 4.78 is 26.4. The van der Waals surface area contributed by atoms with Crippen LogP contribution in [0.25, 0.3) is 0 Å². The first-order chi connectivity index (χ1) is 12.0. The Morgan fingerprint density at radius 1 is 1.16 bits per heavy atom. The highest BCUT2D eigenvalue weighted by atomic mass is 35.5. The van der Waals surface area contributed by atoms with E-state index in [1.165, 1.54) is 16.6 Å². The molecule has 25 heavy (non-hydrogen) atoms. The molecular weight excluding hydrogens is 362 g/mol. The summed E-state index contributed by atoms with van der Waals surface area (Å²) in [7, 11) is -3.45. The fourth-order valence-corrected chi connectivity index (χ4v) is 4.31. The van der Waals surface area contributed by atoms with Crippen molar-refractivity contribution in [3.63, 3.8) is 0 Å². The van der Waals surface area contributed by atoms with Gasteiger partial charge >= 0.3 is 0 Å². The fraction of sp³-hybridized carbons (Fsp3) is 0.353. The molecule has 0 bridgehead atoms. The summed E-state index contributed by atoms with van der Waals surface area (Å²) in [6, 6.07) is 10.1. The summed E-state index contributed by atoms with van der Waals surface area (Å²) in [6.45, 7) is 1.39. The molecule has 1 unspecified atom stereocenters. The lowest BCUT2D eigenvalue weighted by Crippen LogP contribution is -2.28. The molecule has 1 aliphatic heterocycles. The third kappa shape index (κ3) is 4.30. The van der Waals surface area contributed by atoms with Gasteiger partial charge in [-0.25, -0.2) is 13.4 Å². The Morgan fingerprint density at radius 2 is 1.84 bits per heavy atom. The van der Waals surface area contributed by atoms with Crippen LogP contribution < -0.4 is 5.32 Å². The number of halogens is 1. The molecule has 8 heteroatoms. The summed E-state index contributed by atoms with van der Waals surface area (Å²) in [6.07, 6.45) is 2.43. The number of hydrogen-bond acceptors (Lipinski definition) is 5. The van der Waals surface area contributed by atoms with Gasteiger partial charge in [0.1, 0.15) is 10.7 Å². The highest BCUT2D eigenvalue weighted by Crippen LogP contribution is 2.21. The number of anilines is 1. The van der Waals surface area contributed by atoms with Gasteiger partial charge in [-0.15, -0.1) is 0 Å². The Labute approximate surface area is 152 Å². The molecule has 1 aliphatic rings. The Morgan fingerprint density at radius 3 is 2.44 bits per heavy atom. The van der Waals surface area contributed by atoms with Crippen LogP contribution in [0.15, 0.2) is 47.5 Å². The molecular formula is C17H20ClN3O3S. The summed E-state index contributed by atoms with van der Waals surface area (Å²) in [5, 5.41) is 13.8. The number of aromatic nitrogens is 1. The molecule has 1 fully saturated rings. The van der Waals surface area contributed by atoms with Gasteiger partial charge in [0.2, 0.25) is 10.0 Å². The van der Waals surface area contributed by atoms with Crippen LogP contribution in [0.5, 0.6) is 0 Å². The average Bonchev–Trinajstić information content (AvgIpc) is 3.16. The maximum atomic E-state index is 12.4. The minimum atomic E-state index is -3.45. The van der Waals surface area contributed by atoms with Gasteiger partial charge in [0.15, 0.2) is 0 Å². The summed E-state index contributed by atoms with van der Waals surface area (Å²) in [5.74, 6) is 0.508. The number of sulfonamides is 1. The van der Waals surface area contributed by atoms with Crippen molar-refractivity contribution in [2.24, 2.45) is 0 Å². The zero-order chi connectivity index (χ0) is 17.9. The van der Waals surface area contributed by atoms with Crippen LogP contribution in [0.1, 0.15) is 24.5 Å². The Kier molecular flexibility index (Phi) is 5.58. The molecule has 0 saturated carbocycles. The molecule has 2 heterocycles. The third-order valence-corrected chi connectivity index (χ3v) is 6.30. The number of aliphatic hydroxyl groups is 1. The predicted molar refractivity (Wildman–Crippen MR) is 97.1 cm³/mol. The molecule has 1 aromatic heterocycles. The van der Waals surface area contributed by atoms with E-state index in [1.807, 2.05) is 0 Å². The molecule has 0 amide bonds. The van der Waals surface area contributed by atoms with Crippen molar-refractivity contribution in [1.29, 1.82) is 0 Å². The summed E-state index contributed by atoms with van der Waals surface area (Å²) >= 11 is 5.83. The van der Waals surface area contributed by atoms with Gasteiger partial charge in [-0.1, -0.05) is 23.7 Å². The molecule has 0 radical (unpaired) electrons. The Balaban J connectivity index is 1.61. The number of nitrogens with one attached hydrogen (secondary N) is 1.